The first-order valence-corrected chi connectivity index (χ1v) is 13.5. The molecule has 2 N–H and O–H groups in total. The van der Waals surface area contributed by atoms with Crippen molar-refractivity contribution in [3.8, 4) is 22.9 Å². The van der Waals surface area contributed by atoms with Crippen LogP contribution < -0.4 is 14.9 Å². The fraction of sp³-hybridized carbons (Fsp3) is 0.214. The number of nitrogens with one attached hydrogen (secondary N) is 2. The molecule has 0 radical (unpaired) electrons. The van der Waals surface area contributed by atoms with Crippen LogP contribution in [0, 0.1) is 11.3 Å². The van der Waals surface area contributed by atoms with E-state index >= 15 is 0 Å². The van der Waals surface area contributed by atoms with Crippen molar-refractivity contribution in [3.05, 3.63) is 75.9 Å². The van der Waals surface area contributed by atoms with E-state index < -0.39 is 10.5 Å². The molecule has 1 aliphatic rings. The first-order valence-electron chi connectivity index (χ1n) is 12.2. The number of benzene rings is 3. The van der Waals surface area contributed by atoms with Crippen molar-refractivity contribution in [1.82, 2.24) is 14.9 Å². The molecule has 0 atom stereocenters. The summed E-state index contributed by atoms with van der Waals surface area (Å²) in [7, 11) is -5.18. The molecule has 3 aromatic carbocycles. The monoisotopic (exact) mass is 530 g/mol. The predicted octanol–water partition coefficient (Wildman–Crippen LogP) is 5.04. The van der Waals surface area contributed by atoms with Gasteiger partial charge in [0.05, 0.1) is 28.6 Å². The zero-order valence-electron chi connectivity index (χ0n) is 20.6. The third-order valence-electron chi connectivity index (χ3n) is 7.14. The summed E-state index contributed by atoms with van der Waals surface area (Å²) in [6, 6.07) is 17.6. The molecule has 10 heteroatoms. The maximum atomic E-state index is 14.0. The number of pyridine rings is 1. The van der Waals surface area contributed by atoms with Crippen LogP contribution >= 0.6 is 0 Å². The summed E-state index contributed by atoms with van der Waals surface area (Å²) in [5, 5.41) is 14.6. The Morgan fingerprint density at radius 1 is 1.11 bits per heavy atom. The molecule has 6 rings (SSSR count). The molecule has 0 unspecified atom stereocenters. The number of rotatable bonds is 5. The van der Waals surface area contributed by atoms with Crippen LogP contribution in [-0.4, -0.2) is 31.1 Å². The Hall–Kier alpha value is -4.20. The van der Waals surface area contributed by atoms with Crippen molar-refractivity contribution in [2.45, 2.75) is 25.8 Å². The largest absolute Gasteiger partial charge is 0.488 e. The lowest BCUT2D eigenvalue weighted by molar-refractivity contribution is 0.357. The van der Waals surface area contributed by atoms with Crippen LogP contribution in [0.1, 0.15) is 36.9 Å². The van der Waals surface area contributed by atoms with Gasteiger partial charge in [-0.2, -0.15) is 13.7 Å². The Labute approximate surface area is 217 Å². The molecule has 192 valence electrons. The van der Waals surface area contributed by atoms with Crippen LogP contribution in [0.25, 0.3) is 44.0 Å². The molecule has 0 spiro atoms. The lowest BCUT2D eigenvalue weighted by Gasteiger charge is -2.32. The normalized spacial score (nSPS) is 14.3. The molecule has 8 nitrogen and oxygen atoms in total. The highest BCUT2D eigenvalue weighted by Crippen LogP contribution is 2.37. The van der Waals surface area contributed by atoms with Crippen LogP contribution in [0.15, 0.2) is 59.4 Å². The third-order valence-corrected chi connectivity index (χ3v) is 7.53. The molecule has 3 heterocycles. The fourth-order valence-electron chi connectivity index (χ4n) is 5.30. The summed E-state index contributed by atoms with van der Waals surface area (Å²) in [5.74, 6) is -0.112. The third kappa shape index (κ3) is 3.91. The van der Waals surface area contributed by atoms with Gasteiger partial charge in [0.25, 0.3) is 0 Å². The Balaban J connectivity index is 1.70. The van der Waals surface area contributed by atoms with Gasteiger partial charge in [-0.1, -0.05) is 35.9 Å². The van der Waals surface area contributed by atoms with Crippen molar-refractivity contribution in [1.29, 1.82) is 5.26 Å². The van der Waals surface area contributed by atoms with Gasteiger partial charge >= 0.3 is 10.5 Å². The number of H-pyrrole nitrogens is 1. The predicted molar refractivity (Wildman–Crippen MR) is 144 cm³/mol. The van der Waals surface area contributed by atoms with E-state index in [-0.39, 0.29) is 23.1 Å². The van der Waals surface area contributed by atoms with Crippen molar-refractivity contribution in [2.24, 2.45) is 0 Å². The van der Waals surface area contributed by atoms with E-state index in [2.05, 4.69) is 25.1 Å². The van der Waals surface area contributed by atoms with E-state index in [1.165, 1.54) is 12.1 Å². The average Bonchev–Trinajstić information content (AvgIpc) is 3.22. The fourth-order valence-corrected chi connectivity index (χ4v) is 5.63. The van der Waals surface area contributed by atoms with Gasteiger partial charge < -0.3 is 19.1 Å². The van der Waals surface area contributed by atoms with E-state index in [1.807, 2.05) is 32.0 Å². The number of nitriles is 1. The molecular formula is C28H23FN4O4S. The number of aromatic nitrogens is 2. The molecule has 0 saturated carbocycles. The highest BCUT2D eigenvalue weighted by molar-refractivity contribution is 7.81. The maximum absolute atomic E-state index is 14.0. The zero-order chi connectivity index (χ0) is 26.8. The highest BCUT2D eigenvalue weighted by Gasteiger charge is 2.26. The Morgan fingerprint density at radius 2 is 1.89 bits per heavy atom. The van der Waals surface area contributed by atoms with Crippen molar-refractivity contribution in [2.75, 3.05) is 13.1 Å². The number of hydrogen-bond donors (Lipinski definition) is 2. The topological polar surface area (TPSA) is 117 Å². The average molecular weight is 531 g/mol. The Morgan fingerprint density at radius 3 is 2.55 bits per heavy atom. The van der Waals surface area contributed by atoms with Gasteiger partial charge in [-0.05, 0) is 59.0 Å². The highest BCUT2D eigenvalue weighted by atomic mass is 32.3. The molecule has 0 amide bonds. The summed E-state index contributed by atoms with van der Waals surface area (Å²) < 4.78 is 42.0. The number of halogens is 1. The van der Waals surface area contributed by atoms with Crippen molar-refractivity contribution < 1.29 is 16.5 Å². The second-order valence-electron chi connectivity index (χ2n) is 9.85. The second kappa shape index (κ2) is 8.68. The molecular weight excluding hydrogens is 507 g/mol. The molecule has 1 aliphatic heterocycles. The summed E-state index contributed by atoms with van der Waals surface area (Å²) in [6.45, 7) is 5.48. The van der Waals surface area contributed by atoms with Gasteiger partial charge in [0.15, 0.2) is 5.43 Å². The minimum absolute atomic E-state index is 0.0268. The lowest BCUT2D eigenvalue weighted by atomic mass is 9.90. The Bertz CT molecular complexity index is 1980. The van der Waals surface area contributed by atoms with Gasteiger partial charge in [-0.3, -0.25) is 4.79 Å². The first-order chi connectivity index (χ1) is 18.1. The first kappa shape index (κ1) is 24.2. The number of nitrogens with zero attached hydrogens (tertiary/aromatic N) is 2. The molecule has 1 fully saturated rings. The summed E-state index contributed by atoms with van der Waals surface area (Å²) in [5.41, 5.74) is 4.83. The van der Waals surface area contributed by atoms with Crippen molar-refractivity contribution >= 4 is 43.3 Å². The maximum Gasteiger partial charge on any atom is 0.488 e. The standard InChI is InChI=1S/C28H23FN4O4S/c1-15(2)21-10-23-25(11-22(21)17-4-3-5-19(9-17)37-38(29,35)36)33(18-13-31-14-18)28-26(27(23)34)20-7-6-16(12-30)8-24(20)32-28/h3-11,15,18,31-32H,13-14H2,1-2H3. The SMILES string of the molecule is CC(C)c1cc2c(=O)c3c4ccc(C#N)cc4[nH]c3n(C3CNC3)c2cc1-c1cccc(OS(=O)(=O)F)c1. The van der Waals surface area contributed by atoms with Crippen LogP contribution in [0.3, 0.4) is 0 Å². The minimum atomic E-state index is -5.18. The van der Waals surface area contributed by atoms with Crippen LogP contribution in [0.2, 0.25) is 0 Å². The Kier molecular flexibility index (Phi) is 5.52. The van der Waals surface area contributed by atoms with Crippen LogP contribution in [0.4, 0.5) is 3.89 Å². The van der Waals surface area contributed by atoms with E-state index in [1.54, 1.807) is 24.3 Å². The molecule has 1 saturated heterocycles. The number of hydrogen-bond acceptors (Lipinski definition) is 6. The summed E-state index contributed by atoms with van der Waals surface area (Å²) in [6.07, 6.45) is 0. The molecule has 5 aromatic rings. The van der Waals surface area contributed by atoms with E-state index in [9.17, 15) is 22.4 Å². The minimum Gasteiger partial charge on any atom is -0.358 e. The van der Waals surface area contributed by atoms with E-state index in [4.69, 9.17) is 0 Å². The quantitative estimate of drug-likeness (QED) is 0.308. The number of fused-ring (bicyclic) bond motifs is 4. The van der Waals surface area contributed by atoms with Crippen LogP contribution in [0.5, 0.6) is 5.75 Å². The zero-order valence-corrected chi connectivity index (χ0v) is 21.4. The molecule has 2 aromatic heterocycles. The molecule has 0 bridgehead atoms. The van der Waals surface area contributed by atoms with Gasteiger partial charge in [0, 0.05) is 29.4 Å². The smallest absolute Gasteiger partial charge is 0.358 e. The molecule has 38 heavy (non-hydrogen) atoms. The number of aromatic amines is 1. The summed E-state index contributed by atoms with van der Waals surface area (Å²) in [4.78, 5) is 17.4. The molecule has 0 aliphatic carbocycles. The van der Waals surface area contributed by atoms with Gasteiger partial charge in [0.1, 0.15) is 11.4 Å². The van der Waals surface area contributed by atoms with Crippen molar-refractivity contribution in [3.63, 3.8) is 0 Å². The van der Waals surface area contributed by atoms with E-state index in [0.717, 1.165) is 35.1 Å². The van der Waals surface area contributed by atoms with E-state index in [0.29, 0.717) is 33.1 Å². The summed E-state index contributed by atoms with van der Waals surface area (Å²) >= 11 is 0. The van der Waals surface area contributed by atoms with Crippen LogP contribution in [-0.2, 0) is 10.5 Å². The second-order valence-corrected chi connectivity index (χ2v) is 10.8. The lowest BCUT2D eigenvalue weighted by Crippen LogP contribution is -2.44. The van der Waals surface area contributed by atoms with Gasteiger partial charge in [-0.25, -0.2) is 0 Å². The van der Waals surface area contributed by atoms with Gasteiger partial charge in [0.2, 0.25) is 0 Å². The van der Waals surface area contributed by atoms with Gasteiger partial charge in [-0.15, -0.1) is 0 Å².